The molecule has 1 fully saturated rings. The largest absolute Gasteiger partial charge is 0.388 e. The second-order valence-electron chi connectivity index (χ2n) is 4.56. The summed E-state index contributed by atoms with van der Waals surface area (Å²) in [4.78, 5) is 10.8. The Morgan fingerprint density at radius 2 is 2.33 bits per heavy atom. The third-order valence-corrected chi connectivity index (χ3v) is 3.25. The smallest absolute Gasteiger partial charge is 0.157 e. The van der Waals surface area contributed by atoms with E-state index in [2.05, 4.69) is 14.9 Å². The molecule has 5 nitrogen and oxygen atoms in total. The lowest BCUT2D eigenvalue weighted by atomic mass is 10.0. The van der Waals surface area contributed by atoms with Crippen molar-refractivity contribution < 1.29 is 4.74 Å². The summed E-state index contributed by atoms with van der Waals surface area (Å²) in [6, 6.07) is 0. The van der Waals surface area contributed by atoms with Crippen LogP contribution >= 0.6 is 12.2 Å². The third-order valence-electron chi connectivity index (χ3n) is 3.06. The van der Waals surface area contributed by atoms with Crippen LogP contribution in [0, 0.1) is 5.92 Å². The van der Waals surface area contributed by atoms with Gasteiger partial charge in [0.1, 0.15) is 10.7 Å². The van der Waals surface area contributed by atoms with Gasteiger partial charge in [-0.2, -0.15) is 0 Å². The van der Waals surface area contributed by atoms with E-state index in [0.717, 1.165) is 32.0 Å². The van der Waals surface area contributed by atoms with E-state index in [-0.39, 0.29) is 4.99 Å². The Labute approximate surface area is 112 Å². The molecule has 6 heteroatoms. The first-order valence-corrected chi connectivity index (χ1v) is 6.49. The molecular formula is C12H18N4OS. The van der Waals surface area contributed by atoms with E-state index in [0.29, 0.717) is 11.6 Å². The minimum atomic E-state index is 0.282. The van der Waals surface area contributed by atoms with Crippen molar-refractivity contribution in [1.82, 2.24) is 9.97 Å². The van der Waals surface area contributed by atoms with E-state index in [1.165, 1.54) is 6.42 Å². The molecule has 98 valence electrons. The normalized spacial score (nSPS) is 19.5. The molecule has 2 N–H and O–H groups in total. The Morgan fingerprint density at radius 3 is 3.00 bits per heavy atom. The van der Waals surface area contributed by atoms with Crippen LogP contribution in [0.5, 0.6) is 0 Å². The van der Waals surface area contributed by atoms with E-state index in [4.69, 9.17) is 22.7 Å². The van der Waals surface area contributed by atoms with Gasteiger partial charge >= 0.3 is 0 Å². The molecule has 1 aliphatic heterocycles. The average Bonchev–Trinajstić information content (AvgIpc) is 2.40. The van der Waals surface area contributed by atoms with Crippen molar-refractivity contribution in [2.45, 2.75) is 12.8 Å². The van der Waals surface area contributed by atoms with E-state index in [1.54, 1.807) is 12.4 Å². The van der Waals surface area contributed by atoms with Crippen LogP contribution in [0.4, 0.5) is 5.82 Å². The molecule has 18 heavy (non-hydrogen) atoms. The van der Waals surface area contributed by atoms with Crippen molar-refractivity contribution in [3.8, 4) is 0 Å². The fraction of sp³-hybridized carbons (Fsp3) is 0.583. The summed E-state index contributed by atoms with van der Waals surface area (Å²) in [6.45, 7) is 2.57. The van der Waals surface area contributed by atoms with Crippen LogP contribution in [0.15, 0.2) is 12.4 Å². The number of nitrogens with zero attached hydrogens (tertiary/aromatic N) is 3. The van der Waals surface area contributed by atoms with Crippen LogP contribution in [0.3, 0.4) is 0 Å². The van der Waals surface area contributed by atoms with Crippen molar-refractivity contribution >= 4 is 23.0 Å². The molecule has 0 aromatic carbocycles. The van der Waals surface area contributed by atoms with Crippen molar-refractivity contribution in [2.75, 3.05) is 31.7 Å². The fourth-order valence-corrected chi connectivity index (χ4v) is 2.35. The SMILES string of the molecule is CN(CC1CCCOC1)c1nccnc1C(N)=S. The molecule has 1 saturated heterocycles. The number of rotatable bonds is 4. The van der Waals surface area contributed by atoms with Gasteiger partial charge in [0.25, 0.3) is 0 Å². The van der Waals surface area contributed by atoms with Gasteiger partial charge in [-0.05, 0) is 18.8 Å². The lowest BCUT2D eigenvalue weighted by molar-refractivity contribution is 0.0576. The zero-order valence-corrected chi connectivity index (χ0v) is 11.3. The third kappa shape index (κ3) is 3.14. The van der Waals surface area contributed by atoms with Crippen LogP contribution in [0.25, 0.3) is 0 Å². The summed E-state index contributed by atoms with van der Waals surface area (Å²) in [6.07, 6.45) is 5.58. The van der Waals surface area contributed by atoms with Crippen molar-refractivity contribution in [3.05, 3.63) is 18.1 Å². The van der Waals surface area contributed by atoms with Gasteiger partial charge in [0.15, 0.2) is 5.82 Å². The Kier molecular flexibility index (Phi) is 4.43. The molecule has 0 bridgehead atoms. The molecule has 0 saturated carbocycles. The van der Waals surface area contributed by atoms with Gasteiger partial charge < -0.3 is 15.4 Å². The summed E-state index contributed by atoms with van der Waals surface area (Å²) in [7, 11) is 1.99. The quantitative estimate of drug-likeness (QED) is 0.819. The average molecular weight is 266 g/mol. The van der Waals surface area contributed by atoms with Gasteiger partial charge in [-0.3, -0.25) is 0 Å². The molecule has 1 unspecified atom stereocenters. The molecule has 2 rings (SSSR count). The zero-order valence-electron chi connectivity index (χ0n) is 10.5. The molecule has 0 aliphatic carbocycles. The zero-order chi connectivity index (χ0) is 13.0. The Balaban J connectivity index is 2.08. The Hall–Kier alpha value is -1.27. The highest BCUT2D eigenvalue weighted by Crippen LogP contribution is 2.19. The maximum Gasteiger partial charge on any atom is 0.157 e. The van der Waals surface area contributed by atoms with Gasteiger partial charge in [-0.15, -0.1) is 0 Å². The first kappa shape index (κ1) is 13.2. The van der Waals surface area contributed by atoms with E-state index in [9.17, 15) is 0 Å². The van der Waals surface area contributed by atoms with Crippen LogP contribution < -0.4 is 10.6 Å². The van der Waals surface area contributed by atoms with Gasteiger partial charge in [0, 0.05) is 32.6 Å². The number of ether oxygens (including phenoxy) is 1. The minimum Gasteiger partial charge on any atom is -0.388 e. The Bertz CT molecular complexity index is 420. The summed E-state index contributed by atoms with van der Waals surface area (Å²) in [5.74, 6) is 1.28. The number of anilines is 1. The van der Waals surface area contributed by atoms with Crippen molar-refractivity contribution in [3.63, 3.8) is 0 Å². The minimum absolute atomic E-state index is 0.282. The predicted octanol–water partition coefficient (Wildman–Crippen LogP) is 0.974. The van der Waals surface area contributed by atoms with Crippen molar-refractivity contribution in [1.29, 1.82) is 0 Å². The second kappa shape index (κ2) is 6.06. The molecule has 0 amide bonds. The number of nitrogens with two attached hydrogens (primary N) is 1. The lowest BCUT2D eigenvalue weighted by Gasteiger charge is -2.28. The molecular weight excluding hydrogens is 248 g/mol. The highest BCUT2D eigenvalue weighted by Gasteiger charge is 2.19. The van der Waals surface area contributed by atoms with Gasteiger partial charge in [0.05, 0.1) is 6.61 Å². The number of thiocarbonyl (C=S) groups is 1. The topological polar surface area (TPSA) is 64.3 Å². The summed E-state index contributed by atoms with van der Waals surface area (Å²) < 4.78 is 5.48. The molecule has 2 heterocycles. The summed E-state index contributed by atoms with van der Waals surface area (Å²) in [5, 5.41) is 0. The second-order valence-corrected chi connectivity index (χ2v) is 5.00. The molecule has 1 aliphatic rings. The highest BCUT2D eigenvalue weighted by molar-refractivity contribution is 7.80. The molecule has 1 aromatic heterocycles. The van der Waals surface area contributed by atoms with Gasteiger partial charge in [0.2, 0.25) is 0 Å². The predicted molar refractivity (Wildman–Crippen MR) is 74.7 cm³/mol. The van der Waals surface area contributed by atoms with Crippen LogP contribution in [-0.4, -0.2) is 41.8 Å². The van der Waals surface area contributed by atoms with Crippen LogP contribution in [-0.2, 0) is 4.74 Å². The number of hydrogen-bond acceptors (Lipinski definition) is 5. The fourth-order valence-electron chi connectivity index (χ4n) is 2.21. The first-order chi connectivity index (χ1) is 8.68. The summed E-state index contributed by atoms with van der Waals surface area (Å²) >= 11 is 5.00. The first-order valence-electron chi connectivity index (χ1n) is 6.08. The number of aromatic nitrogens is 2. The van der Waals surface area contributed by atoms with Crippen LogP contribution in [0.2, 0.25) is 0 Å². The number of hydrogen-bond donors (Lipinski definition) is 1. The standard InChI is InChI=1S/C12H18N4OS/c1-16(7-9-3-2-6-17-8-9)12-10(11(13)18)14-4-5-15-12/h4-5,9H,2-3,6-8H2,1H3,(H2,13,18). The monoisotopic (exact) mass is 266 g/mol. The van der Waals surface area contributed by atoms with Crippen molar-refractivity contribution in [2.24, 2.45) is 11.7 Å². The summed E-state index contributed by atoms with van der Waals surface area (Å²) in [5.41, 5.74) is 6.25. The van der Waals surface area contributed by atoms with E-state index in [1.807, 2.05) is 7.05 Å². The van der Waals surface area contributed by atoms with E-state index < -0.39 is 0 Å². The highest BCUT2D eigenvalue weighted by atomic mass is 32.1. The lowest BCUT2D eigenvalue weighted by Crippen LogP contribution is -2.33. The molecule has 1 aromatic rings. The maximum atomic E-state index is 5.66. The van der Waals surface area contributed by atoms with E-state index >= 15 is 0 Å². The molecule has 0 spiro atoms. The molecule has 0 radical (unpaired) electrons. The maximum absolute atomic E-state index is 5.66. The van der Waals surface area contributed by atoms with Gasteiger partial charge in [-0.1, -0.05) is 12.2 Å². The Morgan fingerprint density at radius 1 is 1.56 bits per heavy atom. The van der Waals surface area contributed by atoms with Gasteiger partial charge in [-0.25, -0.2) is 9.97 Å². The van der Waals surface area contributed by atoms with Crippen LogP contribution in [0.1, 0.15) is 18.5 Å². The molecule has 1 atom stereocenters.